The average molecular weight is 369 g/mol. The minimum atomic E-state index is -0.490. The summed E-state index contributed by atoms with van der Waals surface area (Å²) in [5, 5.41) is 5.25. The Kier molecular flexibility index (Phi) is 5.54. The first-order chi connectivity index (χ1) is 10.5. The lowest BCUT2D eigenvalue weighted by Gasteiger charge is -2.19. The molecule has 0 bridgehead atoms. The second-order valence-corrected chi connectivity index (χ2v) is 6.20. The van der Waals surface area contributed by atoms with Gasteiger partial charge in [-0.2, -0.15) is 0 Å². The second-order valence-electron chi connectivity index (χ2n) is 5.28. The van der Waals surface area contributed by atoms with Crippen LogP contribution < -0.4 is 10.6 Å². The van der Waals surface area contributed by atoms with Crippen molar-refractivity contribution in [2.24, 2.45) is 5.92 Å². The molecule has 0 radical (unpaired) electrons. The van der Waals surface area contributed by atoms with Crippen LogP contribution in [0.15, 0.2) is 35.1 Å². The van der Waals surface area contributed by atoms with Gasteiger partial charge in [-0.3, -0.25) is 0 Å². The topological polar surface area (TPSA) is 69.8 Å². The highest BCUT2D eigenvalue weighted by molar-refractivity contribution is 9.10. The summed E-state index contributed by atoms with van der Waals surface area (Å²) >= 11 is 3.17. The minimum absolute atomic E-state index is 0.0653. The maximum absolute atomic E-state index is 13.7. The van der Waals surface area contributed by atoms with Gasteiger partial charge >= 0.3 is 6.03 Å². The number of anilines is 1. The fourth-order valence-corrected chi connectivity index (χ4v) is 2.42. The maximum atomic E-state index is 13.7. The van der Waals surface area contributed by atoms with Crippen LogP contribution in [0.2, 0.25) is 0 Å². The summed E-state index contributed by atoms with van der Waals surface area (Å²) in [5.74, 6) is 0.701. The Hall–Kier alpha value is -1.89. The van der Waals surface area contributed by atoms with Gasteiger partial charge in [0.25, 0.3) is 0 Å². The molecule has 1 heterocycles. The Labute approximate surface area is 136 Å². The molecule has 22 heavy (non-hydrogen) atoms. The largest absolute Gasteiger partial charge is 0.348 e. The number of H-pyrrole nitrogens is 1. The highest BCUT2D eigenvalue weighted by Crippen LogP contribution is 2.21. The summed E-state index contributed by atoms with van der Waals surface area (Å²) in [6.07, 6.45) is 3.43. The first kappa shape index (κ1) is 16.5. The van der Waals surface area contributed by atoms with Crippen molar-refractivity contribution in [2.45, 2.75) is 19.8 Å². The molecule has 7 heteroatoms. The normalized spacial score (nSPS) is 12.2. The van der Waals surface area contributed by atoms with E-state index in [4.69, 9.17) is 0 Å². The van der Waals surface area contributed by atoms with Crippen molar-refractivity contribution >= 4 is 27.6 Å². The number of rotatable bonds is 5. The Morgan fingerprint density at radius 2 is 2.23 bits per heavy atom. The molecule has 1 atom stereocenters. The predicted octanol–water partition coefficient (Wildman–Crippen LogP) is 3.87. The molecule has 0 aliphatic carbocycles. The van der Waals surface area contributed by atoms with E-state index in [9.17, 15) is 9.18 Å². The number of carbonyl (C=O) groups is 1. The number of halogens is 2. The Morgan fingerprint density at radius 3 is 2.82 bits per heavy atom. The molecule has 1 aromatic heterocycles. The summed E-state index contributed by atoms with van der Waals surface area (Å²) in [6.45, 7) is 4.53. The molecule has 0 spiro atoms. The first-order valence-electron chi connectivity index (χ1n) is 6.96. The van der Waals surface area contributed by atoms with Crippen LogP contribution in [0.4, 0.5) is 14.9 Å². The van der Waals surface area contributed by atoms with Crippen LogP contribution in [-0.4, -0.2) is 22.5 Å². The molecule has 3 N–H and O–H groups in total. The molecule has 0 aliphatic heterocycles. The third-order valence-corrected chi connectivity index (χ3v) is 3.83. The SMILES string of the molecule is CC(C)[C@H](CNC(=O)Nc1ccc(Br)cc1F)c1ncc[nH]1. The third-order valence-electron chi connectivity index (χ3n) is 3.34. The van der Waals surface area contributed by atoms with Crippen molar-refractivity contribution < 1.29 is 9.18 Å². The van der Waals surface area contributed by atoms with E-state index in [0.717, 1.165) is 5.82 Å². The van der Waals surface area contributed by atoms with E-state index >= 15 is 0 Å². The molecular formula is C15H18BrFN4O. The molecule has 0 unspecified atom stereocenters. The molecule has 118 valence electrons. The monoisotopic (exact) mass is 368 g/mol. The molecular weight excluding hydrogens is 351 g/mol. The molecule has 0 fully saturated rings. The number of hydrogen-bond acceptors (Lipinski definition) is 2. The summed E-state index contributed by atoms with van der Waals surface area (Å²) in [6, 6.07) is 4.03. The van der Waals surface area contributed by atoms with Gasteiger partial charge in [-0.15, -0.1) is 0 Å². The van der Waals surface area contributed by atoms with Crippen molar-refractivity contribution in [3.8, 4) is 0 Å². The number of nitrogens with zero attached hydrogens (tertiary/aromatic N) is 1. The minimum Gasteiger partial charge on any atom is -0.348 e. The van der Waals surface area contributed by atoms with Gasteiger partial charge < -0.3 is 15.6 Å². The lowest BCUT2D eigenvalue weighted by atomic mass is 9.95. The molecule has 2 rings (SSSR count). The number of benzene rings is 1. The zero-order valence-corrected chi connectivity index (χ0v) is 13.9. The smallest absolute Gasteiger partial charge is 0.319 e. The predicted molar refractivity (Wildman–Crippen MR) is 87.3 cm³/mol. The van der Waals surface area contributed by atoms with E-state index in [1.807, 2.05) is 0 Å². The third kappa shape index (κ3) is 4.30. The summed E-state index contributed by atoms with van der Waals surface area (Å²) < 4.78 is 14.3. The summed E-state index contributed by atoms with van der Waals surface area (Å²) in [7, 11) is 0. The second kappa shape index (κ2) is 7.40. The highest BCUT2D eigenvalue weighted by Gasteiger charge is 2.19. The van der Waals surface area contributed by atoms with Crippen LogP contribution in [-0.2, 0) is 0 Å². The number of carbonyl (C=O) groups excluding carboxylic acids is 1. The molecule has 2 aromatic rings. The molecule has 5 nitrogen and oxygen atoms in total. The van der Waals surface area contributed by atoms with Gasteiger partial charge in [-0.1, -0.05) is 29.8 Å². The van der Waals surface area contributed by atoms with E-state index in [1.165, 1.54) is 12.1 Å². The lowest BCUT2D eigenvalue weighted by molar-refractivity contribution is 0.250. The lowest BCUT2D eigenvalue weighted by Crippen LogP contribution is -2.34. The van der Waals surface area contributed by atoms with Crippen LogP contribution in [0.5, 0.6) is 0 Å². The van der Waals surface area contributed by atoms with Gasteiger partial charge in [0.05, 0.1) is 5.69 Å². The zero-order chi connectivity index (χ0) is 16.1. The van der Waals surface area contributed by atoms with Crippen LogP contribution in [0.1, 0.15) is 25.6 Å². The van der Waals surface area contributed by atoms with Gasteiger partial charge in [0.15, 0.2) is 0 Å². The molecule has 1 aromatic carbocycles. The van der Waals surface area contributed by atoms with Crippen LogP contribution in [0, 0.1) is 11.7 Å². The van der Waals surface area contributed by atoms with Crippen molar-refractivity contribution in [3.63, 3.8) is 0 Å². The van der Waals surface area contributed by atoms with Gasteiger partial charge in [0, 0.05) is 29.3 Å². The van der Waals surface area contributed by atoms with Crippen molar-refractivity contribution in [1.29, 1.82) is 0 Å². The number of urea groups is 1. The molecule has 0 saturated heterocycles. The fraction of sp³-hybridized carbons (Fsp3) is 0.333. The Balaban J connectivity index is 1.94. The summed E-state index contributed by atoms with van der Waals surface area (Å²) in [4.78, 5) is 19.2. The number of nitrogens with one attached hydrogen (secondary N) is 3. The number of aromatic nitrogens is 2. The van der Waals surface area contributed by atoms with Crippen molar-refractivity contribution in [1.82, 2.24) is 15.3 Å². The van der Waals surface area contributed by atoms with Crippen molar-refractivity contribution in [3.05, 3.63) is 46.7 Å². The van der Waals surface area contributed by atoms with Crippen LogP contribution in [0.3, 0.4) is 0 Å². The summed E-state index contributed by atoms with van der Waals surface area (Å²) in [5.41, 5.74) is 0.139. The van der Waals surface area contributed by atoms with Gasteiger partial charge in [-0.25, -0.2) is 14.2 Å². The number of hydrogen-bond donors (Lipinski definition) is 3. The first-order valence-corrected chi connectivity index (χ1v) is 7.76. The van der Waals surface area contributed by atoms with Crippen LogP contribution in [0.25, 0.3) is 0 Å². The number of imidazole rings is 1. The van der Waals surface area contributed by atoms with Gasteiger partial charge in [-0.05, 0) is 24.1 Å². The standard InChI is InChI=1S/C15H18BrFN4O/c1-9(2)11(14-18-5-6-19-14)8-20-15(22)21-13-4-3-10(16)7-12(13)17/h3-7,9,11H,8H2,1-2H3,(H,18,19)(H2,20,21,22)/t11-/m0/s1. The molecule has 0 saturated carbocycles. The molecule has 0 aliphatic rings. The van der Waals surface area contributed by atoms with Crippen LogP contribution >= 0.6 is 15.9 Å². The highest BCUT2D eigenvalue weighted by atomic mass is 79.9. The number of amides is 2. The zero-order valence-electron chi connectivity index (χ0n) is 12.4. The van der Waals surface area contributed by atoms with E-state index in [2.05, 4.69) is 50.4 Å². The van der Waals surface area contributed by atoms with E-state index < -0.39 is 11.8 Å². The van der Waals surface area contributed by atoms with Gasteiger partial charge in [0.1, 0.15) is 11.6 Å². The fourth-order valence-electron chi connectivity index (χ4n) is 2.09. The van der Waals surface area contributed by atoms with E-state index in [1.54, 1.807) is 18.5 Å². The number of aromatic amines is 1. The average Bonchev–Trinajstić information content (AvgIpc) is 2.96. The van der Waals surface area contributed by atoms with Gasteiger partial charge in [0.2, 0.25) is 0 Å². The van der Waals surface area contributed by atoms with Crippen molar-refractivity contribution in [2.75, 3.05) is 11.9 Å². The van der Waals surface area contributed by atoms with E-state index in [-0.39, 0.29) is 11.6 Å². The maximum Gasteiger partial charge on any atom is 0.319 e. The molecule has 2 amide bonds. The Bertz CT molecular complexity index is 630. The quantitative estimate of drug-likeness (QED) is 0.749. The Morgan fingerprint density at radius 1 is 1.45 bits per heavy atom. The van der Waals surface area contributed by atoms with E-state index in [0.29, 0.717) is 16.9 Å².